The predicted molar refractivity (Wildman–Crippen MR) is 50.0 cm³/mol. The molecule has 0 aliphatic heterocycles. The second-order valence-electron chi connectivity index (χ2n) is 4.39. The van der Waals surface area contributed by atoms with Crippen LogP contribution in [0.15, 0.2) is 0 Å². The van der Waals surface area contributed by atoms with Crippen LogP contribution in [0.3, 0.4) is 0 Å². The van der Waals surface area contributed by atoms with E-state index in [1.165, 1.54) is 0 Å². The molecule has 1 aliphatic rings. The van der Waals surface area contributed by atoms with E-state index < -0.39 is 11.4 Å². The number of aliphatic carboxylic acids is 1. The first-order valence-corrected chi connectivity index (χ1v) is 5.04. The van der Waals surface area contributed by atoms with Crippen molar-refractivity contribution in [3.63, 3.8) is 0 Å². The molecular formula is C10H14N2O3. The number of hydrogen-bond acceptors (Lipinski definition) is 4. The van der Waals surface area contributed by atoms with Crippen LogP contribution in [0.25, 0.3) is 4.98 Å². The van der Waals surface area contributed by atoms with Crippen LogP contribution in [0.1, 0.15) is 32.6 Å². The lowest BCUT2D eigenvalue weighted by Gasteiger charge is -2.36. The van der Waals surface area contributed by atoms with E-state index in [-0.39, 0.29) is 18.2 Å². The summed E-state index contributed by atoms with van der Waals surface area (Å²) in [6.45, 7) is 1.46. The van der Waals surface area contributed by atoms with Gasteiger partial charge in [-0.2, -0.15) is 0 Å². The molecule has 0 spiro atoms. The first kappa shape index (κ1) is 11.6. The molecule has 1 fully saturated rings. The van der Waals surface area contributed by atoms with Crippen molar-refractivity contribution in [2.75, 3.05) is 6.54 Å². The monoisotopic (exact) mass is 210 g/mol. The zero-order chi connectivity index (χ0) is 11.5. The number of carboxylic acids is 1. The number of carbonyl (C=O) groups excluding carboxylic acids is 2. The van der Waals surface area contributed by atoms with Crippen LogP contribution in [0, 0.1) is 16.7 Å². The maximum absolute atomic E-state index is 11.4. The topological polar surface area (TPSA) is 85.3 Å². The Morgan fingerprint density at radius 1 is 1.47 bits per heavy atom. The summed E-state index contributed by atoms with van der Waals surface area (Å²) in [6.07, 6.45) is 1.99. The minimum Gasteiger partial charge on any atom is -0.550 e. The summed E-state index contributed by atoms with van der Waals surface area (Å²) in [7, 11) is 0. The lowest BCUT2D eigenvalue weighted by Crippen LogP contribution is -2.43. The van der Waals surface area contributed by atoms with Gasteiger partial charge in [-0.05, 0) is 25.7 Å². The van der Waals surface area contributed by atoms with Crippen LogP contribution in [-0.2, 0) is 9.59 Å². The molecule has 0 bridgehead atoms. The van der Waals surface area contributed by atoms with Gasteiger partial charge in [-0.3, -0.25) is 4.79 Å². The Kier molecular flexibility index (Phi) is 3.40. The van der Waals surface area contributed by atoms with Crippen molar-refractivity contribution in [1.82, 2.24) is 0 Å². The molecule has 1 saturated carbocycles. The standard InChI is InChI=1S/C10H14N2O3/c1-10(9(14)15)4-2-7(3-5-10)8(13)6-12-11/h7H,2-6H2,1H3. The van der Waals surface area contributed by atoms with Crippen LogP contribution in [0.5, 0.6) is 0 Å². The normalized spacial score (nSPS) is 30.5. The van der Waals surface area contributed by atoms with Gasteiger partial charge >= 0.3 is 6.54 Å². The van der Waals surface area contributed by atoms with Gasteiger partial charge in [0.25, 0.3) is 0 Å². The summed E-state index contributed by atoms with van der Waals surface area (Å²) in [4.78, 5) is 25.0. The van der Waals surface area contributed by atoms with Crippen LogP contribution >= 0.6 is 0 Å². The number of Topliss-reactive ketones (excluding diaryl/α,β-unsaturated/α-hetero) is 1. The second kappa shape index (κ2) is 4.39. The highest BCUT2D eigenvalue weighted by molar-refractivity contribution is 5.84. The Morgan fingerprint density at radius 2 is 2.00 bits per heavy atom. The average molecular weight is 210 g/mol. The van der Waals surface area contributed by atoms with Gasteiger partial charge in [0.2, 0.25) is 11.2 Å². The average Bonchev–Trinajstić information content (AvgIpc) is 2.19. The van der Waals surface area contributed by atoms with E-state index in [2.05, 4.69) is 4.98 Å². The molecule has 0 aromatic rings. The van der Waals surface area contributed by atoms with E-state index >= 15 is 0 Å². The van der Waals surface area contributed by atoms with Gasteiger partial charge in [0, 0.05) is 17.3 Å². The first-order valence-electron chi connectivity index (χ1n) is 5.04. The summed E-state index contributed by atoms with van der Waals surface area (Å²) in [6, 6.07) is 0. The predicted octanol–water partition coefficient (Wildman–Crippen LogP) is 0.355. The molecule has 15 heavy (non-hydrogen) atoms. The van der Waals surface area contributed by atoms with E-state index in [0.29, 0.717) is 25.7 Å². The van der Waals surface area contributed by atoms with Crippen molar-refractivity contribution in [3.05, 3.63) is 4.98 Å². The van der Waals surface area contributed by atoms with Crippen molar-refractivity contribution >= 4 is 11.8 Å². The minimum atomic E-state index is -1.04. The highest BCUT2D eigenvalue weighted by Gasteiger charge is 2.36. The molecule has 0 amide bonds. The third-order valence-corrected chi connectivity index (χ3v) is 3.26. The summed E-state index contributed by atoms with van der Waals surface area (Å²) < 4.78 is 0. The van der Waals surface area contributed by atoms with E-state index in [1.807, 2.05) is 0 Å². The van der Waals surface area contributed by atoms with E-state index in [1.54, 1.807) is 6.92 Å². The second-order valence-corrected chi connectivity index (χ2v) is 4.39. The molecule has 5 nitrogen and oxygen atoms in total. The van der Waals surface area contributed by atoms with Crippen LogP contribution in [0.2, 0.25) is 0 Å². The van der Waals surface area contributed by atoms with Gasteiger partial charge < -0.3 is 9.90 Å². The highest BCUT2D eigenvalue weighted by atomic mass is 16.4. The smallest absolute Gasteiger partial charge is 0.362 e. The zero-order valence-electron chi connectivity index (χ0n) is 8.73. The third kappa shape index (κ3) is 2.52. The maximum Gasteiger partial charge on any atom is 0.362 e. The van der Waals surface area contributed by atoms with E-state index in [4.69, 9.17) is 5.39 Å². The van der Waals surface area contributed by atoms with Gasteiger partial charge in [0.15, 0.2) is 0 Å². The molecule has 0 N–H and O–H groups in total. The third-order valence-electron chi connectivity index (χ3n) is 3.26. The molecular weight excluding hydrogens is 196 g/mol. The number of hydrogen-bond donors (Lipinski definition) is 0. The molecule has 1 aliphatic carbocycles. The van der Waals surface area contributed by atoms with Crippen molar-refractivity contribution in [2.24, 2.45) is 11.3 Å². The molecule has 1 rings (SSSR count). The zero-order valence-corrected chi connectivity index (χ0v) is 8.73. The van der Waals surface area contributed by atoms with Crippen LogP contribution in [-0.4, -0.2) is 18.3 Å². The van der Waals surface area contributed by atoms with Crippen molar-refractivity contribution in [3.8, 4) is 0 Å². The number of rotatable bonds is 3. The Hall–Kier alpha value is -1.44. The molecule has 0 saturated heterocycles. The quantitative estimate of drug-likeness (QED) is 0.629. The molecule has 0 radical (unpaired) electrons. The summed E-state index contributed by atoms with van der Waals surface area (Å²) in [5.74, 6) is -1.31. The lowest BCUT2D eigenvalue weighted by molar-refractivity contribution is -0.320. The Labute approximate surface area is 88.1 Å². The SMILES string of the molecule is CC1(C(=O)[O-])CCC(C(=O)C[N+]#N)CC1. The van der Waals surface area contributed by atoms with Gasteiger partial charge in [-0.15, -0.1) is 0 Å². The number of carboxylic acid groups (broad SMARTS) is 1. The Morgan fingerprint density at radius 3 is 2.40 bits per heavy atom. The fraction of sp³-hybridized carbons (Fsp3) is 0.800. The summed E-state index contributed by atoms with van der Waals surface area (Å²) in [5.41, 5.74) is -0.798. The molecule has 0 atom stereocenters. The number of nitrogens with zero attached hydrogens (tertiary/aromatic N) is 2. The number of diazo groups is 1. The van der Waals surface area contributed by atoms with Crippen molar-refractivity contribution < 1.29 is 14.7 Å². The fourth-order valence-electron chi connectivity index (χ4n) is 1.98. The fourth-order valence-corrected chi connectivity index (χ4v) is 1.98. The Bertz CT molecular complexity index is 311. The van der Waals surface area contributed by atoms with E-state index in [0.717, 1.165) is 0 Å². The lowest BCUT2D eigenvalue weighted by atomic mass is 9.71. The van der Waals surface area contributed by atoms with Crippen molar-refractivity contribution in [1.29, 1.82) is 5.39 Å². The number of ketones is 1. The number of carbonyl (C=O) groups is 2. The largest absolute Gasteiger partial charge is 0.550 e. The van der Waals surface area contributed by atoms with Gasteiger partial charge in [0.05, 0.1) is 0 Å². The van der Waals surface area contributed by atoms with Crippen LogP contribution < -0.4 is 5.11 Å². The van der Waals surface area contributed by atoms with Gasteiger partial charge in [0.1, 0.15) is 4.98 Å². The molecule has 82 valence electrons. The first-order chi connectivity index (χ1) is 6.99. The minimum absolute atomic E-state index is 0.113. The Balaban J connectivity index is 2.53. The molecule has 0 aromatic carbocycles. The van der Waals surface area contributed by atoms with Crippen molar-refractivity contribution in [2.45, 2.75) is 32.6 Å². The van der Waals surface area contributed by atoms with Gasteiger partial charge in [-0.25, -0.2) is 0 Å². The molecule has 0 unspecified atom stereocenters. The molecule has 0 aromatic heterocycles. The van der Waals surface area contributed by atoms with Crippen LogP contribution in [0.4, 0.5) is 0 Å². The summed E-state index contributed by atoms with van der Waals surface area (Å²) >= 11 is 0. The summed E-state index contributed by atoms with van der Waals surface area (Å²) in [5, 5.41) is 19.1. The molecule has 5 heteroatoms. The maximum atomic E-state index is 11.4. The highest BCUT2D eigenvalue weighted by Crippen LogP contribution is 2.38. The van der Waals surface area contributed by atoms with Gasteiger partial charge in [-0.1, -0.05) is 6.92 Å². The van der Waals surface area contributed by atoms with E-state index in [9.17, 15) is 14.7 Å². The molecule has 0 heterocycles.